The number of rotatable bonds is 7. The Morgan fingerprint density at radius 2 is 1.28 bits per heavy atom. The van der Waals surface area contributed by atoms with Crippen molar-refractivity contribution < 1.29 is 62.6 Å². The predicted octanol–water partition coefficient (Wildman–Crippen LogP) is 4.61. The Kier molecular flexibility index (Phi) is 6.73. The second-order valence-corrected chi connectivity index (χ2v) is 5.10. The number of carbonyl (C=O) groups is 1. The molecule has 150 valence electrons. The molecule has 0 radical (unpaired) electrons. The first-order chi connectivity index (χ1) is 10.8. The van der Waals surface area contributed by atoms with Crippen LogP contribution in [0.15, 0.2) is 0 Å². The summed E-state index contributed by atoms with van der Waals surface area (Å²) in [6.45, 7) is 1.98. The SMILES string of the molecule is CC(C)CCOC(=O)C(F)(OC(F)(F)C(F)(F)C(F)(F)F)C(F)(F)F. The molecule has 0 aromatic rings. The van der Waals surface area contributed by atoms with Crippen LogP contribution in [0.3, 0.4) is 0 Å². The number of alkyl halides is 11. The van der Waals surface area contributed by atoms with Gasteiger partial charge in [0.1, 0.15) is 0 Å². The van der Waals surface area contributed by atoms with Gasteiger partial charge in [-0.25, -0.2) is 4.79 Å². The third kappa shape index (κ3) is 5.07. The summed E-state index contributed by atoms with van der Waals surface area (Å²) >= 11 is 0. The van der Waals surface area contributed by atoms with Crippen molar-refractivity contribution in [3.05, 3.63) is 0 Å². The molecule has 0 aliphatic carbocycles. The van der Waals surface area contributed by atoms with Crippen molar-refractivity contribution in [2.45, 2.75) is 50.5 Å². The minimum atomic E-state index is -7.22. The van der Waals surface area contributed by atoms with Gasteiger partial charge in [0.05, 0.1) is 6.61 Å². The predicted molar refractivity (Wildman–Crippen MR) is 57.3 cm³/mol. The number of carbonyl (C=O) groups excluding carboxylic acids is 1. The largest absolute Gasteiger partial charge is 0.462 e. The van der Waals surface area contributed by atoms with Crippen molar-refractivity contribution in [3.8, 4) is 0 Å². The summed E-state index contributed by atoms with van der Waals surface area (Å²) in [6, 6.07) is 0. The molecular weight excluding hydrogens is 389 g/mol. The lowest BCUT2D eigenvalue weighted by atomic mass is 10.1. The van der Waals surface area contributed by atoms with Gasteiger partial charge in [-0.1, -0.05) is 13.8 Å². The Labute approximate surface area is 133 Å². The van der Waals surface area contributed by atoms with Crippen LogP contribution in [-0.4, -0.2) is 42.8 Å². The summed E-state index contributed by atoms with van der Waals surface area (Å²) in [5, 5.41) is 0. The molecule has 0 aliphatic heterocycles. The molecule has 0 aromatic carbocycles. The minimum absolute atomic E-state index is 0.186. The van der Waals surface area contributed by atoms with Gasteiger partial charge in [0.25, 0.3) is 0 Å². The molecule has 0 saturated heterocycles. The van der Waals surface area contributed by atoms with Gasteiger partial charge in [0, 0.05) is 0 Å². The van der Waals surface area contributed by atoms with Crippen LogP contribution in [0.1, 0.15) is 20.3 Å². The molecule has 0 bridgehead atoms. The molecule has 0 aromatic heterocycles. The van der Waals surface area contributed by atoms with Gasteiger partial charge in [-0.15, -0.1) is 0 Å². The lowest BCUT2D eigenvalue weighted by Gasteiger charge is -2.33. The highest BCUT2D eigenvalue weighted by Gasteiger charge is 2.80. The van der Waals surface area contributed by atoms with Crippen molar-refractivity contribution in [2.75, 3.05) is 6.61 Å². The maximum atomic E-state index is 13.6. The summed E-state index contributed by atoms with van der Waals surface area (Å²) < 4.78 is 143. The van der Waals surface area contributed by atoms with Gasteiger partial charge < -0.3 is 4.74 Å². The highest BCUT2D eigenvalue weighted by atomic mass is 19.4. The second kappa shape index (κ2) is 7.11. The average Bonchev–Trinajstić information content (AvgIpc) is 2.34. The maximum absolute atomic E-state index is 13.6. The molecule has 0 amide bonds. The second-order valence-electron chi connectivity index (χ2n) is 5.10. The number of halogens is 11. The molecule has 0 saturated carbocycles. The summed E-state index contributed by atoms with van der Waals surface area (Å²) in [7, 11) is 0. The monoisotopic (exact) mass is 400 g/mol. The van der Waals surface area contributed by atoms with E-state index in [2.05, 4.69) is 4.74 Å². The molecular formula is C11H11F11O3. The van der Waals surface area contributed by atoms with Crippen molar-refractivity contribution in [1.29, 1.82) is 0 Å². The van der Waals surface area contributed by atoms with Crippen LogP contribution in [-0.2, 0) is 14.3 Å². The quantitative estimate of drug-likeness (QED) is 0.463. The van der Waals surface area contributed by atoms with Crippen LogP contribution < -0.4 is 0 Å². The number of esters is 1. The van der Waals surface area contributed by atoms with E-state index in [1.54, 1.807) is 0 Å². The average molecular weight is 400 g/mol. The van der Waals surface area contributed by atoms with E-state index >= 15 is 0 Å². The van der Waals surface area contributed by atoms with Gasteiger partial charge in [0.15, 0.2) is 0 Å². The molecule has 3 nitrogen and oxygen atoms in total. The summed E-state index contributed by atoms with van der Waals surface area (Å²) in [5.74, 6) is -17.0. The van der Waals surface area contributed by atoms with E-state index < -0.39 is 42.8 Å². The summed E-state index contributed by atoms with van der Waals surface area (Å²) in [4.78, 5) is 11.0. The third-order valence-electron chi connectivity index (χ3n) is 2.55. The third-order valence-corrected chi connectivity index (χ3v) is 2.55. The molecule has 1 atom stereocenters. The Morgan fingerprint density at radius 1 is 0.840 bits per heavy atom. The van der Waals surface area contributed by atoms with Crippen LogP contribution in [0, 0.1) is 5.92 Å². The van der Waals surface area contributed by atoms with E-state index in [0.29, 0.717) is 0 Å². The summed E-state index contributed by atoms with van der Waals surface area (Å²) in [6.07, 6.45) is -21.1. The number of ether oxygens (including phenoxy) is 2. The Morgan fingerprint density at radius 3 is 1.60 bits per heavy atom. The fourth-order valence-electron chi connectivity index (χ4n) is 1.10. The van der Waals surface area contributed by atoms with Crippen molar-refractivity contribution in [3.63, 3.8) is 0 Å². The highest BCUT2D eigenvalue weighted by molar-refractivity contribution is 5.78. The van der Waals surface area contributed by atoms with Crippen LogP contribution in [0.4, 0.5) is 48.3 Å². The van der Waals surface area contributed by atoms with Gasteiger partial charge in [-0.2, -0.15) is 48.3 Å². The van der Waals surface area contributed by atoms with Gasteiger partial charge in [-0.3, -0.25) is 4.74 Å². The molecule has 0 heterocycles. The molecule has 1 unspecified atom stereocenters. The standard InChI is InChI=1S/C11H11F11O3/c1-5(2)3-4-24-6(23)7(12,9(15,16)17)25-11(21,22)8(13,14)10(18,19)20/h5H,3-4H2,1-2H3. The smallest absolute Gasteiger partial charge is 0.461 e. The van der Waals surface area contributed by atoms with E-state index in [4.69, 9.17) is 0 Å². The van der Waals surface area contributed by atoms with E-state index in [9.17, 15) is 53.1 Å². The molecule has 14 heteroatoms. The lowest BCUT2D eigenvalue weighted by Crippen LogP contribution is -2.61. The lowest BCUT2D eigenvalue weighted by molar-refractivity contribution is -0.475. The first-order valence-corrected chi connectivity index (χ1v) is 6.25. The fraction of sp³-hybridized carbons (Fsp3) is 0.909. The Balaban J connectivity index is 5.66. The minimum Gasteiger partial charge on any atom is -0.461 e. The summed E-state index contributed by atoms with van der Waals surface area (Å²) in [5.41, 5.74) is 0. The molecule has 0 N–H and O–H groups in total. The van der Waals surface area contributed by atoms with Gasteiger partial charge in [0.2, 0.25) is 0 Å². The Hall–Kier alpha value is -1.34. The zero-order valence-electron chi connectivity index (χ0n) is 12.4. The van der Waals surface area contributed by atoms with Crippen LogP contribution in [0.25, 0.3) is 0 Å². The zero-order chi connectivity index (χ0) is 20.5. The maximum Gasteiger partial charge on any atom is 0.462 e. The van der Waals surface area contributed by atoms with Crippen molar-refractivity contribution >= 4 is 5.97 Å². The van der Waals surface area contributed by atoms with E-state index in [-0.39, 0.29) is 12.3 Å². The molecule has 25 heavy (non-hydrogen) atoms. The van der Waals surface area contributed by atoms with Crippen LogP contribution >= 0.6 is 0 Å². The highest BCUT2D eigenvalue weighted by Crippen LogP contribution is 2.51. The van der Waals surface area contributed by atoms with Gasteiger partial charge >= 0.3 is 36.2 Å². The molecule has 0 aliphatic rings. The normalized spacial score (nSPS) is 16.7. The first kappa shape index (κ1) is 23.7. The van der Waals surface area contributed by atoms with E-state index in [0.717, 1.165) is 0 Å². The topological polar surface area (TPSA) is 35.5 Å². The molecule has 0 fully saturated rings. The fourth-order valence-corrected chi connectivity index (χ4v) is 1.10. The molecule has 0 rings (SSSR count). The van der Waals surface area contributed by atoms with Gasteiger partial charge in [-0.05, 0) is 12.3 Å². The Bertz CT molecular complexity index is 469. The van der Waals surface area contributed by atoms with E-state index in [1.165, 1.54) is 13.8 Å². The van der Waals surface area contributed by atoms with Crippen LogP contribution in [0.2, 0.25) is 0 Å². The zero-order valence-corrected chi connectivity index (χ0v) is 12.4. The van der Waals surface area contributed by atoms with Crippen LogP contribution in [0.5, 0.6) is 0 Å². The first-order valence-electron chi connectivity index (χ1n) is 6.25. The van der Waals surface area contributed by atoms with Crippen molar-refractivity contribution in [1.82, 2.24) is 0 Å². The van der Waals surface area contributed by atoms with Crippen molar-refractivity contribution in [2.24, 2.45) is 5.92 Å². The number of hydrogen-bond donors (Lipinski definition) is 0. The molecule has 0 spiro atoms. The van der Waals surface area contributed by atoms with E-state index in [1.807, 2.05) is 4.74 Å². The number of hydrogen-bond acceptors (Lipinski definition) is 3.